The average Bonchev–Trinajstić information content (AvgIpc) is 2.48. The van der Waals surface area contributed by atoms with Gasteiger partial charge in [-0.1, -0.05) is 12.5 Å². The second-order valence-electron chi connectivity index (χ2n) is 5.65. The van der Waals surface area contributed by atoms with Crippen molar-refractivity contribution in [2.24, 2.45) is 0 Å². The van der Waals surface area contributed by atoms with Crippen LogP contribution in [0.25, 0.3) is 0 Å². The first-order valence-corrected chi connectivity index (χ1v) is 7.46. The van der Waals surface area contributed by atoms with Crippen molar-refractivity contribution in [1.29, 1.82) is 0 Å². The van der Waals surface area contributed by atoms with E-state index in [1.807, 2.05) is 19.3 Å². The number of nitrogens with one attached hydrogen (secondary N) is 1. The number of pyridine rings is 1. The van der Waals surface area contributed by atoms with Gasteiger partial charge in [0.1, 0.15) is 5.82 Å². The Labute approximate surface area is 115 Å². The van der Waals surface area contributed by atoms with Gasteiger partial charge in [-0.3, -0.25) is 4.90 Å². The third-order valence-corrected chi connectivity index (χ3v) is 4.37. The molecule has 0 aromatic carbocycles. The maximum absolute atomic E-state index is 4.63. The van der Waals surface area contributed by atoms with Gasteiger partial charge in [0.25, 0.3) is 0 Å². The first kappa shape index (κ1) is 12.9. The largest absolute Gasteiger partial charge is 0.353 e. The molecule has 4 nitrogen and oxygen atoms in total. The Balaban J connectivity index is 1.75. The number of hydrogen-bond acceptors (Lipinski definition) is 4. The van der Waals surface area contributed by atoms with E-state index >= 15 is 0 Å². The predicted molar refractivity (Wildman–Crippen MR) is 78.4 cm³/mol. The van der Waals surface area contributed by atoms with Crippen molar-refractivity contribution < 1.29 is 0 Å². The van der Waals surface area contributed by atoms with E-state index in [2.05, 4.69) is 26.2 Å². The molecule has 0 bridgehead atoms. The quantitative estimate of drug-likeness (QED) is 0.892. The van der Waals surface area contributed by atoms with E-state index in [1.165, 1.54) is 43.7 Å². The second kappa shape index (κ2) is 5.88. The van der Waals surface area contributed by atoms with Gasteiger partial charge in [-0.15, -0.1) is 0 Å². The molecule has 2 aliphatic heterocycles. The minimum Gasteiger partial charge on any atom is -0.353 e. The van der Waals surface area contributed by atoms with Gasteiger partial charge in [-0.2, -0.15) is 0 Å². The van der Waals surface area contributed by atoms with E-state index in [1.54, 1.807) is 0 Å². The summed E-state index contributed by atoms with van der Waals surface area (Å²) in [6, 6.07) is 4.96. The Kier molecular flexibility index (Phi) is 3.99. The molecule has 4 heteroatoms. The first-order valence-electron chi connectivity index (χ1n) is 7.46. The van der Waals surface area contributed by atoms with Crippen molar-refractivity contribution in [3.63, 3.8) is 0 Å². The lowest BCUT2D eigenvalue weighted by Crippen LogP contribution is -2.55. The average molecular weight is 260 g/mol. The maximum atomic E-state index is 4.63. The summed E-state index contributed by atoms with van der Waals surface area (Å²) in [6.45, 7) is 5.65. The lowest BCUT2D eigenvalue weighted by molar-refractivity contribution is 0.133. The number of piperidine rings is 1. The van der Waals surface area contributed by atoms with E-state index in [0.717, 1.165) is 25.7 Å². The van der Waals surface area contributed by atoms with Crippen LogP contribution in [0.1, 0.15) is 24.8 Å². The summed E-state index contributed by atoms with van der Waals surface area (Å²) < 4.78 is 0. The highest BCUT2D eigenvalue weighted by Crippen LogP contribution is 2.25. The molecule has 19 heavy (non-hydrogen) atoms. The van der Waals surface area contributed by atoms with Crippen molar-refractivity contribution >= 4 is 5.82 Å². The molecule has 1 unspecified atom stereocenters. The molecule has 0 aliphatic carbocycles. The van der Waals surface area contributed by atoms with Gasteiger partial charge in [0.2, 0.25) is 0 Å². The van der Waals surface area contributed by atoms with E-state index in [9.17, 15) is 0 Å². The number of anilines is 1. The molecule has 0 radical (unpaired) electrons. The molecular weight excluding hydrogens is 236 g/mol. The van der Waals surface area contributed by atoms with Gasteiger partial charge in [0, 0.05) is 44.0 Å². The van der Waals surface area contributed by atoms with Crippen molar-refractivity contribution in [2.75, 3.05) is 38.1 Å². The van der Waals surface area contributed by atoms with Crippen molar-refractivity contribution in [3.8, 4) is 0 Å². The number of piperazine rings is 1. The monoisotopic (exact) mass is 260 g/mol. The van der Waals surface area contributed by atoms with Crippen LogP contribution in [0.5, 0.6) is 0 Å². The van der Waals surface area contributed by atoms with E-state index in [-0.39, 0.29) is 0 Å². The van der Waals surface area contributed by atoms with Gasteiger partial charge in [0.15, 0.2) is 0 Å². The number of nitrogens with zero attached hydrogens (tertiary/aromatic N) is 3. The molecule has 3 heterocycles. The molecule has 3 rings (SSSR count). The van der Waals surface area contributed by atoms with Gasteiger partial charge in [-0.25, -0.2) is 4.98 Å². The lowest BCUT2D eigenvalue weighted by Gasteiger charge is -2.44. The van der Waals surface area contributed by atoms with Crippen molar-refractivity contribution in [2.45, 2.75) is 31.8 Å². The molecule has 104 valence electrons. The summed E-state index contributed by atoms with van der Waals surface area (Å²) in [5.74, 6) is 1.18. The van der Waals surface area contributed by atoms with Gasteiger partial charge in [0.05, 0.1) is 0 Å². The number of aromatic nitrogens is 1. The zero-order valence-electron chi connectivity index (χ0n) is 11.8. The summed E-state index contributed by atoms with van der Waals surface area (Å²) in [5, 5.41) is 3.24. The van der Waals surface area contributed by atoms with Crippen LogP contribution in [0.15, 0.2) is 18.3 Å². The molecule has 2 saturated heterocycles. The number of fused-ring (bicyclic) bond motifs is 1. The van der Waals surface area contributed by atoms with Crippen LogP contribution >= 0.6 is 0 Å². The molecule has 1 N–H and O–H groups in total. The predicted octanol–water partition coefficient (Wildman–Crippen LogP) is 1.48. The Morgan fingerprint density at radius 2 is 2.26 bits per heavy atom. The minimum absolute atomic E-state index is 0.743. The molecule has 2 aliphatic rings. The van der Waals surface area contributed by atoms with Crippen LogP contribution in [0.3, 0.4) is 0 Å². The zero-order valence-corrected chi connectivity index (χ0v) is 11.8. The van der Waals surface area contributed by atoms with Gasteiger partial charge >= 0.3 is 0 Å². The van der Waals surface area contributed by atoms with E-state index < -0.39 is 0 Å². The molecular formula is C15H24N4. The van der Waals surface area contributed by atoms with Gasteiger partial charge in [-0.05, 0) is 32.5 Å². The minimum atomic E-state index is 0.743. The van der Waals surface area contributed by atoms with Crippen LogP contribution < -0.4 is 10.2 Å². The third kappa shape index (κ3) is 2.74. The van der Waals surface area contributed by atoms with Crippen molar-refractivity contribution in [3.05, 3.63) is 23.9 Å². The van der Waals surface area contributed by atoms with Crippen LogP contribution in [-0.2, 0) is 6.54 Å². The molecule has 0 spiro atoms. The Morgan fingerprint density at radius 1 is 1.32 bits per heavy atom. The Hall–Kier alpha value is -1.13. The summed E-state index contributed by atoms with van der Waals surface area (Å²) in [4.78, 5) is 9.78. The summed E-state index contributed by atoms with van der Waals surface area (Å²) in [6.07, 6.45) is 6.04. The zero-order chi connectivity index (χ0) is 13.1. The number of hydrogen-bond donors (Lipinski definition) is 1. The Morgan fingerprint density at radius 3 is 3.16 bits per heavy atom. The van der Waals surface area contributed by atoms with Crippen LogP contribution in [-0.4, -0.2) is 49.2 Å². The standard InChI is InChI=1S/C15H24N4/c1-16-11-13-5-4-7-17-15(13)19-10-9-18-8-3-2-6-14(18)12-19/h4-5,7,14,16H,2-3,6,8-12H2,1H3. The second-order valence-corrected chi connectivity index (χ2v) is 5.65. The highest BCUT2D eigenvalue weighted by atomic mass is 15.3. The lowest BCUT2D eigenvalue weighted by atomic mass is 9.99. The van der Waals surface area contributed by atoms with Crippen molar-refractivity contribution in [1.82, 2.24) is 15.2 Å². The van der Waals surface area contributed by atoms with Crippen LogP contribution in [0.2, 0.25) is 0 Å². The third-order valence-electron chi connectivity index (χ3n) is 4.37. The fraction of sp³-hybridized carbons (Fsp3) is 0.667. The fourth-order valence-corrected chi connectivity index (χ4v) is 3.39. The summed E-state index contributed by atoms with van der Waals surface area (Å²) in [5.41, 5.74) is 1.31. The smallest absolute Gasteiger partial charge is 0.133 e. The molecule has 1 atom stereocenters. The summed E-state index contributed by atoms with van der Waals surface area (Å²) in [7, 11) is 2.00. The van der Waals surface area contributed by atoms with Crippen LogP contribution in [0.4, 0.5) is 5.82 Å². The SMILES string of the molecule is CNCc1cccnc1N1CCN2CCCCC2C1. The van der Waals surface area contributed by atoms with Crippen LogP contribution in [0, 0.1) is 0 Å². The fourth-order valence-electron chi connectivity index (χ4n) is 3.39. The Bertz CT molecular complexity index is 420. The normalized spacial score (nSPS) is 24.3. The number of rotatable bonds is 3. The highest BCUT2D eigenvalue weighted by Gasteiger charge is 2.29. The highest BCUT2D eigenvalue weighted by molar-refractivity contribution is 5.47. The molecule has 0 amide bonds. The maximum Gasteiger partial charge on any atom is 0.133 e. The van der Waals surface area contributed by atoms with E-state index in [4.69, 9.17) is 0 Å². The summed E-state index contributed by atoms with van der Waals surface area (Å²) >= 11 is 0. The topological polar surface area (TPSA) is 31.4 Å². The first-order chi connectivity index (χ1) is 9.38. The molecule has 0 saturated carbocycles. The van der Waals surface area contributed by atoms with Gasteiger partial charge < -0.3 is 10.2 Å². The molecule has 2 fully saturated rings. The molecule has 1 aromatic rings. The molecule has 1 aromatic heterocycles. The van der Waals surface area contributed by atoms with E-state index in [0.29, 0.717) is 0 Å².